The molecule has 0 spiro atoms. The number of nitrogens with one attached hydrogen (secondary N) is 1. The van der Waals surface area contributed by atoms with Crippen molar-refractivity contribution < 1.29 is 14.6 Å². The smallest absolute Gasteiger partial charge is 0.261 e. The van der Waals surface area contributed by atoms with Crippen molar-refractivity contribution in [3.05, 3.63) is 22.4 Å². The standard InChI is InChI=1S/C13H19NO3S2/c15-5-6-17-13(3-8-18-9-4-13)10-14-12(16)11-2-1-7-19-11/h1-2,7,15H,3-6,8-10H2,(H,14,16). The van der Waals surface area contributed by atoms with Crippen LogP contribution in [0.15, 0.2) is 17.5 Å². The first-order chi connectivity index (χ1) is 9.26. The Morgan fingerprint density at radius 3 is 2.89 bits per heavy atom. The Labute approximate surface area is 121 Å². The monoisotopic (exact) mass is 301 g/mol. The number of hydrogen-bond donors (Lipinski definition) is 2. The molecule has 0 aliphatic carbocycles. The van der Waals surface area contributed by atoms with E-state index in [1.807, 2.05) is 29.3 Å². The molecule has 106 valence electrons. The van der Waals surface area contributed by atoms with Crippen LogP contribution in [-0.4, -0.2) is 47.9 Å². The van der Waals surface area contributed by atoms with Crippen molar-refractivity contribution in [1.82, 2.24) is 5.32 Å². The number of amides is 1. The molecule has 1 fully saturated rings. The Hall–Kier alpha value is -0.560. The van der Waals surface area contributed by atoms with E-state index >= 15 is 0 Å². The van der Waals surface area contributed by atoms with Gasteiger partial charge in [0.1, 0.15) is 0 Å². The second-order valence-corrected chi connectivity index (χ2v) is 6.70. The first-order valence-corrected chi connectivity index (χ1v) is 8.43. The molecule has 19 heavy (non-hydrogen) atoms. The molecule has 2 N–H and O–H groups in total. The molecule has 1 aromatic heterocycles. The molecule has 0 bridgehead atoms. The first kappa shape index (κ1) is 14.8. The summed E-state index contributed by atoms with van der Waals surface area (Å²) in [6.45, 7) is 0.873. The van der Waals surface area contributed by atoms with E-state index in [9.17, 15) is 4.79 Å². The SMILES string of the molecule is O=C(NCC1(OCCO)CCSCC1)c1cccs1. The van der Waals surface area contributed by atoms with Crippen molar-refractivity contribution in [2.45, 2.75) is 18.4 Å². The lowest BCUT2D eigenvalue weighted by Crippen LogP contribution is -2.47. The van der Waals surface area contributed by atoms with E-state index in [4.69, 9.17) is 9.84 Å². The van der Waals surface area contributed by atoms with Gasteiger partial charge in [-0.3, -0.25) is 4.79 Å². The molecular formula is C13H19NO3S2. The number of hydrogen-bond acceptors (Lipinski definition) is 5. The predicted octanol–water partition coefficient (Wildman–Crippen LogP) is 1.75. The molecule has 0 unspecified atom stereocenters. The van der Waals surface area contributed by atoms with Gasteiger partial charge in [-0.15, -0.1) is 11.3 Å². The van der Waals surface area contributed by atoms with Crippen molar-refractivity contribution in [2.75, 3.05) is 31.3 Å². The third kappa shape index (κ3) is 4.21. The second kappa shape index (κ2) is 7.28. The molecule has 0 atom stereocenters. The van der Waals surface area contributed by atoms with Crippen LogP contribution in [0, 0.1) is 0 Å². The summed E-state index contributed by atoms with van der Waals surface area (Å²) in [5.41, 5.74) is -0.305. The van der Waals surface area contributed by atoms with Crippen LogP contribution in [0.2, 0.25) is 0 Å². The Morgan fingerprint density at radius 1 is 1.47 bits per heavy atom. The van der Waals surface area contributed by atoms with Crippen LogP contribution in [0.25, 0.3) is 0 Å². The van der Waals surface area contributed by atoms with Gasteiger partial charge in [-0.1, -0.05) is 6.07 Å². The fourth-order valence-electron chi connectivity index (χ4n) is 2.11. The van der Waals surface area contributed by atoms with Crippen LogP contribution < -0.4 is 5.32 Å². The molecule has 0 radical (unpaired) electrons. The van der Waals surface area contributed by atoms with Gasteiger partial charge in [-0.2, -0.15) is 11.8 Å². The topological polar surface area (TPSA) is 58.6 Å². The normalized spacial score (nSPS) is 18.2. The Bertz CT molecular complexity index is 389. The lowest BCUT2D eigenvalue weighted by molar-refractivity contribution is -0.0608. The van der Waals surface area contributed by atoms with Gasteiger partial charge in [0.2, 0.25) is 0 Å². The zero-order chi connectivity index (χ0) is 13.6. The summed E-state index contributed by atoms with van der Waals surface area (Å²) in [6.07, 6.45) is 1.84. The third-order valence-electron chi connectivity index (χ3n) is 3.22. The van der Waals surface area contributed by atoms with Crippen LogP contribution in [0.4, 0.5) is 0 Å². The summed E-state index contributed by atoms with van der Waals surface area (Å²) in [6, 6.07) is 3.69. The molecule has 4 nitrogen and oxygen atoms in total. The number of carbonyl (C=O) groups is 1. The number of rotatable bonds is 6. The van der Waals surface area contributed by atoms with Crippen LogP contribution in [0.5, 0.6) is 0 Å². The van der Waals surface area contributed by atoms with Gasteiger partial charge < -0.3 is 15.2 Å². The highest BCUT2D eigenvalue weighted by Gasteiger charge is 2.33. The van der Waals surface area contributed by atoms with E-state index in [-0.39, 0.29) is 18.1 Å². The van der Waals surface area contributed by atoms with Crippen LogP contribution in [0.1, 0.15) is 22.5 Å². The van der Waals surface area contributed by atoms with Crippen molar-refractivity contribution in [1.29, 1.82) is 0 Å². The number of thioether (sulfide) groups is 1. The van der Waals surface area contributed by atoms with Gasteiger partial charge in [0, 0.05) is 6.54 Å². The summed E-state index contributed by atoms with van der Waals surface area (Å²) >= 11 is 3.35. The third-order valence-corrected chi connectivity index (χ3v) is 5.07. The molecule has 1 aliphatic rings. The maximum atomic E-state index is 12.0. The van der Waals surface area contributed by atoms with Gasteiger partial charge in [0.25, 0.3) is 5.91 Å². The summed E-state index contributed by atoms with van der Waals surface area (Å²) in [7, 11) is 0. The quantitative estimate of drug-likeness (QED) is 0.840. The molecule has 1 aliphatic heterocycles. The molecule has 1 amide bonds. The maximum Gasteiger partial charge on any atom is 0.261 e. The Balaban J connectivity index is 1.90. The van der Waals surface area contributed by atoms with E-state index in [2.05, 4.69) is 5.32 Å². The van der Waals surface area contributed by atoms with Crippen molar-refractivity contribution in [3.8, 4) is 0 Å². The van der Waals surface area contributed by atoms with Gasteiger partial charge in [-0.25, -0.2) is 0 Å². The zero-order valence-corrected chi connectivity index (χ0v) is 12.4. The van der Waals surface area contributed by atoms with Crippen molar-refractivity contribution >= 4 is 29.0 Å². The van der Waals surface area contributed by atoms with Crippen LogP contribution in [-0.2, 0) is 4.74 Å². The van der Waals surface area contributed by atoms with E-state index < -0.39 is 0 Å². The zero-order valence-electron chi connectivity index (χ0n) is 10.8. The fourth-order valence-corrected chi connectivity index (χ4v) is 3.99. The second-order valence-electron chi connectivity index (χ2n) is 4.53. The molecule has 6 heteroatoms. The van der Waals surface area contributed by atoms with Crippen LogP contribution in [0.3, 0.4) is 0 Å². The molecule has 2 heterocycles. The minimum absolute atomic E-state index is 0.0216. The molecule has 0 saturated carbocycles. The summed E-state index contributed by atoms with van der Waals surface area (Å²) < 4.78 is 5.81. The lowest BCUT2D eigenvalue weighted by Gasteiger charge is -2.37. The highest BCUT2D eigenvalue weighted by molar-refractivity contribution is 7.99. The van der Waals surface area contributed by atoms with E-state index in [0.29, 0.717) is 13.2 Å². The summed E-state index contributed by atoms with van der Waals surface area (Å²) in [5.74, 6) is 2.04. The fraction of sp³-hybridized carbons (Fsp3) is 0.615. The average molecular weight is 301 g/mol. The van der Waals surface area contributed by atoms with E-state index in [0.717, 1.165) is 29.2 Å². The lowest BCUT2D eigenvalue weighted by atomic mass is 9.96. The Morgan fingerprint density at radius 2 is 2.26 bits per heavy atom. The van der Waals surface area contributed by atoms with Gasteiger partial charge in [-0.05, 0) is 35.8 Å². The number of aliphatic hydroxyl groups excluding tert-OH is 1. The van der Waals surface area contributed by atoms with E-state index in [1.165, 1.54) is 11.3 Å². The molecule has 0 aromatic carbocycles. The highest BCUT2D eigenvalue weighted by Crippen LogP contribution is 2.30. The van der Waals surface area contributed by atoms with Gasteiger partial charge >= 0.3 is 0 Å². The van der Waals surface area contributed by atoms with Gasteiger partial charge in [0.05, 0.1) is 23.7 Å². The van der Waals surface area contributed by atoms with Crippen LogP contribution >= 0.6 is 23.1 Å². The van der Waals surface area contributed by atoms with Gasteiger partial charge in [0.15, 0.2) is 0 Å². The minimum atomic E-state index is -0.305. The van der Waals surface area contributed by atoms with Crippen molar-refractivity contribution in [3.63, 3.8) is 0 Å². The first-order valence-electron chi connectivity index (χ1n) is 6.40. The molecular weight excluding hydrogens is 282 g/mol. The summed E-state index contributed by atoms with van der Waals surface area (Å²) in [4.78, 5) is 12.7. The number of thiophene rings is 1. The maximum absolute atomic E-state index is 12.0. The minimum Gasteiger partial charge on any atom is -0.394 e. The average Bonchev–Trinajstić information content (AvgIpc) is 2.98. The number of aliphatic hydroxyl groups is 1. The largest absolute Gasteiger partial charge is 0.394 e. The highest BCUT2D eigenvalue weighted by atomic mass is 32.2. The summed E-state index contributed by atoms with van der Waals surface area (Å²) in [5, 5.41) is 13.8. The van der Waals surface area contributed by atoms with Crippen molar-refractivity contribution in [2.24, 2.45) is 0 Å². The Kier molecular flexibility index (Phi) is 5.69. The molecule has 2 rings (SSSR count). The number of carbonyl (C=O) groups excluding carboxylic acids is 1. The van der Waals surface area contributed by atoms with E-state index in [1.54, 1.807) is 0 Å². The number of ether oxygens (including phenoxy) is 1. The predicted molar refractivity (Wildman–Crippen MR) is 79.0 cm³/mol. The molecule has 1 aromatic rings. The molecule has 1 saturated heterocycles.